The molecule has 0 saturated carbocycles. The van der Waals surface area contributed by atoms with E-state index in [0.717, 1.165) is 24.3 Å². The number of halogens is 1. The van der Waals surface area contributed by atoms with Gasteiger partial charge < -0.3 is 14.8 Å². The Morgan fingerprint density at radius 2 is 1.88 bits per heavy atom. The number of amides is 1. The number of ether oxygens (including phenoxy) is 2. The van der Waals surface area contributed by atoms with Crippen molar-refractivity contribution in [2.75, 3.05) is 32.6 Å². The molecule has 132 valence electrons. The predicted molar refractivity (Wildman–Crippen MR) is 93.6 cm³/mol. The molecule has 1 aliphatic heterocycles. The summed E-state index contributed by atoms with van der Waals surface area (Å²) >= 11 is 0. The van der Waals surface area contributed by atoms with Crippen LogP contribution in [0.4, 0.5) is 10.1 Å². The zero-order valence-corrected chi connectivity index (χ0v) is 14.3. The standard InChI is InChI=1S/C19H21FN2O3/c1-24-17-8-13-6-7-22(11-14(13)9-18(17)25-2)12-19(23)21-16-5-3-4-15(20)10-16/h3-5,8-10H,6-7,11-12H2,1-2H3,(H,21,23). The molecule has 0 unspecified atom stereocenters. The second kappa shape index (κ2) is 7.53. The number of carbonyl (C=O) groups excluding carboxylic acids is 1. The number of anilines is 1. The van der Waals surface area contributed by atoms with Gasteiger partial charge in [0, 0.05) is 18.8 Å². The zero-order valence-electron chi connectivity index (χ0n) is 14.3. The summed E-state index contributed by atoms with van der Waals surface area (Å²) in [6.45, 7) is 1.69. The first-order chi connectivity index (χ1) is 12.1. The molecule has 0 atom stereocenters. The van der Waals surface area contributed by atoms with E-state index in [1.54, 1.807) is 26.4 Å². The maximum absolute atomic E-state index is 13.2. The minimum atomic E-state index is -0.370. The van der Waals surface area contributed by atoms with Crippen molar-refractivity contribution >= 4 is 11.6 Å². The lowest BCUT2D eigenvalue weighted by Gasteiger charge is -2.29. The van der Waals surface area contributed by atoms with Crippen molar-refractivity contribution in [3.05, 3.63) is 53.3 Å². The highest BCUT2D eigenvalue weighted by molar-refractivity contribution is 5.92. The summed E-state index contributed by atoms with van der Waals surface area (Å²) in [5, 5.41) is 2.73. The average Bonchev–Trinajstić information content (AvgIpc) is 2.60. The summed E-state index contributed by atoms with van der Waals surface area (Å²) in [5.41, 5.74) is 2.80. The van der Waals surface area contributed by atoms with Gasteiger partial charge in [-0.15, -0.1) is 0 Å². The van der Waals surface area contributed by atoms with E-state index in [0.29, 0.717) is 18.0 Å². The van der Waals surface area contributed by atoms with Gasteiger partial charge >= 0.3 is 0 Å². The van der Waals surface area contributed by atoms with E-state index >= 15 is 0 Å². The molecule has 3 rings (SSSR count). The monoisotopic (exact) mass is 344 g/mol. The van der Waals surface area contributed by atoms with Crippen LogP contribution in [-0.2, 0) is 17.8 Å². The van der Waals surface area contributed by atoms with Crippen LogP contribution in [0.3, 0.4) is 0 Å². The van der Waals surface area contributed by atoms with Crippen molar-refractivity contribution in [3.63, 3.8) is 0 Å². The number of carbonyl (C=O) groups is 1. The molecule has 0 radical (unpaired) electrons. The summed E-state index contributed by atoms with van der Waals surface area (Å²) in [4.78, 5) is 14.3. The summed E-state index contributed by atoms with van der Waals surface area (Å²) < 4.78 is 23.9. The minimum absolute atomic E-state index is 0.158. The summed E-state index contributed by atoms with van der Waals surface area (Å²) in [6.07, 6.45) is 0.836. The molecule has 2 aromatic rings. The van der Waals surface area contributed by atoms with Gasteiger partial charge in [-0.2, -0.15) is 0 Å². The highest BCUT2D eigenvalue weighted by atomic mass is 19.1. The van der Waals surface area contributed by atoms with Crippen LogP contribution in [0.15, 0.2) is 36.4 Å². The minimum Gasteiger partial charge on any atom is -0.493 e. The van der Waals surface area contributed by atoms with Gasteiger partial charge in [0.1, 0.15) is 5.82 Å². The summed E-state index contributed by atoms with van der Waals surface area (Å²) in [6, 6.07) is 9.86. The Morgan fingerprint density at radius 1 is 1.16 bits per heavy atom. The quantitative estimate of drug-likeness (QED) is 0.906. The smallest absolute Gasteiger partial charge is 0.238 e. The van der Waals surface area contributed by atoms with Crippen LogP contribution >= 0.6 is 0 Å². The Balaban J connectivity index is 1.65. The average molecular weight is 344 g/mol. The molecular weight excluding hydrogens is 323 g/mol. The molecule has 1 amide bonds. The Labute approximate surface area is 146 Å². The second-order valence-corrected chi connectivity index (χ2v) is 6.00. The molecule has 0 saturated heterocycles. The van der Waals surface area contributed by atoms with Crippen LogP contribution in [0.25, 0.3) is 0 Å². The number of hydrogen-bond donors (Lipinski definition) is 1. The van der Waals surface area contributed by atoms with Crippen molar-refractivity contribution in [3.8, 4) is 11.5 Å². The summed E-state index contributed by atoms with van der Waals surface area (Å²) in [7, 11) is 3.23. The lowest BCUT2D eigenvalue weighted by Crippen LogP contribution is -2.37. The van der Waals surface area contributed by atoms with Crippen LogP contribution in [-0.4, -0.2) is 38.1 Å². The van der Waals surface area contributed by atoms with E-state index in [1.807, 2.05) is 12.1 Å². The topological polar surface area (TPSA) is 50.8 Å². The number of rotatable bonds is 5. The highest BCUT2D eigenvalue weighted by Gasteiger charge is 2.21. The Hall–Kier alpha value is -2.60. The fourth-order valence-electron chi connectivity index (χ4n) is 3.05. The van der Waals surface area contributed by atoms with E-state index < -0.39 is 0 Å². The van der Waals surface area contributed by atoms with Crippen LogP contribution in [0.1, 0.15) is 11.1 Å². The number of benzene rings is 2. The third-order valence-electron chi connectivity index (χ3n) is 4.27. The normalized spacial score (nSPS) is 13.9. The molecule has 0 spiro atoms. The van der Waals surface area contributed by atoms with Crippen molar-refractivity contribution in [2.24, 2.45) is 0 Å². The van der Waals surface area contributed by atoms with E-state index in [-0.39, 0.29) is 18.3 Å². The van der Waals surface area contributed by atoms with Gasteiger partial charge in [0.15, 0.2) is 11.5 Å². The number of methoxy groups -OCH3 is 2. The van der Waals surface area contributed by atoms with E-state index in [9.17, 15) is 9.18 Å². The molecule has 1 aliphatic rings. The van der Waals surface area contributed by atoms with Crippen LogP contribution in [0.2, 0.25) is 0 Å². The van der Waals surface area contributed by atoms with Crippen molar-refractivity contribution in [2.45, 2.75) is 13.0 Å². The molecule has 0 aliphatic carbocycles. The molecule has 5 nitrogen and oxygen atoms in total. The fourth-order valence-corrected chi connectivity index (χ4v) is 3.05. The molecular formula is C19H21FN2O3. The van der Waals surface area contributed by atoms with Crippen molar-refractivity contribution < 1.29 is 18.7 Å². The van der Waals surface area contributed by atoms with Crippen LogP contribution in [0, 0.1) is 5.82 Å². The molecule has 1 heterocycles. The third-order valence-corrected chi connectivity index (χ3v) is 4.27. The lowest BCUT2D eigenvalue weighted by molar-refractivity contribution is -0.117. The van der Waals surface area contributed by atoms with Gasteiger partial charge in [-0.3, -0.25) is 9.69 Å². The maximum atomic E-state index is 13.2. The lowest BCUT2D eigenvalue weighted by atomic mass is 9.99. The van der Waals surface area contributed by atoms with Crippen LogP contribution < -0.4 is 14.8 Å². The second-order valence-electron chi connectivity index (χ2n) is 6.00. The first kappa shape index (κ1) is 17.2. The number of hydrogen-bond acceptors (Lipinski definition) is 4. The van der Waals surface area contributed by atoms with Gasteiger partial charge in [0.2, 0.25) is 5.91 Å². The van der Waals surface area contributed by atoms with Gasteiger partial charge in [-0.1, -0.05) is 6.07 Å². The molecule has 2 aromatic carbocycles. The maximum Gasteiger partial charge on any atom is 0.238 e. The highest BCUT2D eigenvalue weighted by Crippen LogP contribution is 2.33. The van der Waals surface area contributed by atoms with Gasteiger partial charge in [0.05, 0.1) is 20.8 Å². The molecule has 0 aromatic heterocycles. The summed E-state index contributed by atoms with van der Waals surface area (Å²) in [5.74, 6) is 0.881. The Morgan fingerprint density at radius 3 is 2.56 bits per heavy atom. The largest absolute Gasteiger partial charge is 0.493 e. The molecule has 0 fully saturated rings. The Bertz CT molecular complexity index is 779. The van der Waals surface area contributed by atoms with E-state index in [4.69, 9.17) is 9.47 Å². The molecule has 1 N–H and O–H groups in total. The fraction of sp³-hybridized carbons (Fsp3) is 0.316. The SMILES string of the molecule is COc1cc2c(cc1OC)CN(CC(=O)Nc1cccc(F)c1)CC2. The van der Waals surface area contributed by atoms with Gasteiger partial charge in [0.25, 0.3) is 0 Å². The van der Waals surface area contributed by atoms with E-state index in [2.05, 4.69) is 10.2 Å². The molecule has 25 heavy (non-hydrogen) atoms. The number of fused-ring (bicyclic) bond motifs is 1. The predicted octanol–water partition coefficient (Wildman–Crippen LogP) is 2.84. The first-order valence-electron chi connectivity index (χ1n) is 8.10. The number of nitrogens with one attached hydrogen (secondary N) is 1. The molecule has 0 bridgehead atoms. The van der Waals surface area contributed by atoms with Gasteiger partial charge in [-0.05, 0) is 47.9 Å². The third kappa shape index (κ3) is 4.09. The van der Waals surface area contributed by atoms with Crippen molar-refractivity contribution in [1.82, 2.24) is 4.90 Å². The number of nitrogens with zero attached hydrogens (tertiary/aromatic N) is 1. The van der Waals surface area contributed by atoms with Gasteiger partial charge in [-0.25, -0.2) is 4.39 Å². The van der Waals surface area contributed by atoms with Crippen LogP contribution in [0.5, 0.6) is 11.5 Å². The van der Waals surface area contributed by atoms with Crippen molar-refractivity contribution in [1.29, 1.82) is 0 Å². The Kier molecular flexibility index (Phi) is 5.19. The first-order valence-corrected chi connectivity index (χ1v) is 8.10. The molecule has 6 heteroatoms. The van der Waals surface area contributed by atoms with E-state index in [1.165, 1.54) is 17.7 Å². The zero-order chi connectivity index (χ0) is 17.8.